The molecule has 1 aliphatic heterocycles. The third kappa shape index (κ3) is 3.70. The smallest absolute Gasteiger partial charge is 0.377 e. The summed E-state index contributed by atoms with van der Waals surface area (Å²) in [6.07, 6.45) is -7.51. The molecular formula is C11H19NO10. The van der Waals surface area contributed by atoms with Gasteiger partial charge in [0.15, 0.2) is 0 Å². The van der Waals surface area contributed by atoms with Crippen molar-refractivity contribution >= 4 is 11.9 Å². The van der Waals surface area contributed by atoms with Crippen molar-refractivity contribution in [2.24, 2.45) is 5.73 Å². The van der Waals surface area contributed by atoms with Crippen LogP contribution in [0.25, 0.3) is 0 Å². The van der Waals surface area contributed by atoms with Gasteiger partial charge in [-0.3, -0.25) is 0 Å². The van der Waals surface area contributed by atoms with E-state index in [1.165, 1.54) is 0 Å². The van der Waals surface area contributed by atoms with E-state index < -0.39 is 67.8 Å². The molecule has 1 fully saturated rings. The maximum Gasteiger partial charge on any atom is 0.377 e. The van der Waals surface area contributed by atoms with Gasteiger partial charge in [0.2, 0.25) is 0 Å². The van der Waals surface area contributed by atoms with Crippen LogP contribution in [-0.2, 0) is 19.1 Å². The number of aliphatic carboxylic acids is 1. The molecule has 1 aliphatic rings. The molecule has 128 valence electrons. The summed E-state index contributed by atoms with van der Waals surface area (Å²) in [5, 5.41) is 55.7. The molecule has 0 bridgehead atoms. The predicted octanol–water partition coefficient (Wildman–Crippen LogP) is -4.51. The minimum atomic E-state index is -2.68. The largest absolute Gasteiger partial charge is 0.476 e. The van der Waals surface area contributed by atoms with Crippen molar-refractivity contribution in [1.29, 1.82) is 0 Å². The molecule has 2 unspecified atom stereocenters. The van der Waals surface area contributed by atoms with Crippen molar-refractivity contribution in [2.75, 3.05) is 13.2 Å². The Morgan fingerprint density at radius 1 is 1.36 bits per heavy atom. The number of nitrogens with two attached hydrogens (primary N) is 1. The molecule has 0 aromatic carbocycles. The first-order valence-electron chi connectivity index (χ1n) is 6.33. The Kier molecular flexibility index (Phi) is 6.19. The van der Waals surface area contributed by atoms with Gasteiger partial charge in [0.25, 0.3) is 0 Å². The minimum Gasteiger partial charge on any atom is -0.476 e. The normalized spacial score (nSPS) is 34.7. The quantitative estimate of drug-likeness (QED) is 0.232. The summed E-state index contributed by atoms with van der Waals surface area (Å²) >= 11 is 0. The van der Waals surface area contributed by atoms with E-state index in [4.69, 9.17) is 20.7 Å². The summed E-state index contributed by atoms with van der Waals surface area (Å²) in [7, 11) is 0. The van der Waals surface area contributed by atoms with E-state index in [9.17, 15) is 30.0 Å². The molecule has 0 aromatic rings. The van der Waals surface area contributed by atoms with Crippen LogP contribution in [0.3, 0.4) is 0 Å². The highest BCUT2D eigenvalue weighted by atomic mass is 16.7. The summed E-state index contributed by atoms with van der Waals surface area (Å²) in [5.41, 5.74) is 5.59. The molecular weight excluding hydrogens is 306 g/mol. The number of carbonyl (C=O) groups excluding carboxylic acids is 1. The van der Waals surface area contributed by atoms with Gasteiger partial charge in [-0.1, -0.05) is 0 Å². The number of hydrogen-bond donors (Lipinski definition) is 7. The summed E-state index contributed by atoms with van der Waals surface area (Å²) in [4.78, 5) is 22.5. The van der Waals surface area contributed by atoms with E-state index in [1.54, 1.807) is 0 Å². The van der Waals surface area contributed by atoms with Crippen molar-refractivity contribution in [3.63, 3.8) is 0 Å². The van der Waals surface area contributed by atoms with Crippen LogP contribution in [-0.4, -0.2) is 92.0 Å². The van der Waals surface area contributed by atoms with Crippen LogP contribution in [0.15, 0.2) is 0 Å². The predicted molar refractivity (Wildman–Crippen MR) is 66.1 cm³/mol. The molecule has 6 atom stereocenters. The van der Waals surface area contributed by atoms with Gasteiger partial charge < -0.3 is 45.8 Å². The first-order valence-corrected chi connectivity index (χ1v) is 6.33. The molecule has 11 heteroatoms. The lowest BCUT2D eigenvalue weighted by Crippen LogP contribution is -2.66. The number of hydrogen-bond acceptors (Lipinski definition) is 10. The van der Waals surface area contributed by atoms with E-state index in [-0.39, 0.29) is 0 Å². The topological polar surface area (TPSA) is 200 Å². The van der Waals surface area contributed by atoms with Crippen molar-refractivity contribution in [1.82, 2.24) is 0 Å². The van der Waals surface area contributed by atoms with Gasteiger partial charge in [0.05, 0.1) is 25.2 Å². The van der Waals surface area contributed by atoms with Gasteiger partial charge in [-0.2, -0.15) is 0 Å². The second-order valence-electron chi connectivity index (χ2n) is 4.86. The fraction of sp³-hybridized carbons (Fsp3) is 0.818. The summed E-state index contributed by atoms with van der Waals surface area (Å²) in [6.45, 7) is -2.01. The van der Waals surface area contributed by atoms with Gasteiger partial charge in [-0.05, 0) is 0 Å². The Morgan fingerprint density at radius 2 is 1.95 bits per heavy atom. The van der Waals surface area contributed by atoms with Crippen molar-refractivity contribution in [3.05, 3.63) is 0 Å². The van der Waals surface area contributed by atoms with Crippen LogP contribution in [0, 0.1) is 0 Å². The van der Waals surface area contributed by atoms with Crippen molar-refractivity contribution in [2.45, 2.75) is 42.7 Å². The number of carbonyl (C=O) groups is 2. The lowest BCUT2D eigenvalue weighted by atomic mass is 9.89. The summed E-state index contributed by atoms with van der Waals surface area (Å²) < 4.78 is 9.54. The molecule has 8 N–H and O–H groups in total. The number of ether oxygens (including phenoxy) is 2. The fourth-order valence-corrected chi connectivity index (χ4v) is 2.06. The molecule has 0 radical (unpaired) electrons. The number of carboxylic acids is 1. The van der Waals surface area contributed by atoms with Crippen LogP contribution in [0.4, 0.5) is 0 Å². The maximum atomic E-state index is 11.4. The zero-order valence-electron chi connectivity index (χ0n) is 11.4. The molecule has 0 spiro atoms. The highest BCUT2D eigenvalue weighted by Gasteiger charge is 2.56. The number of aliphatic hydroxyl groups excluding tert-OH is 5. The molecule has 0 aromatic heterocycles. The Hall–Kier alpha value is -1.34. The van der Waals surface area contributed by atoms with E-state index >= 15 is 0 Å². The number of carboxylic acid groups (broad SMARTS) is 1. The molecule has 1 saturated heterocycles. The number of rotatable bonds is 6. The zero-order chi connectivity index (χ0) is 17.1. The second kappa shape index (κ2) is 7.28. The third-order valence-corrected chi connectivity index (χ3v) is 3.28. The highest BCUT2D eigenvalue weighted by Crippen LogP contribution is 2.32. The molecule has 1 rings (SSSR count). The van der Waals surface area contributed by atoms with Crippen LogP contribution < -0.4 is 5.73 Å². The number of esters is 1. The Labute approximate surface area is 124 Å². The zero-order valence-corrected chi connectivity index (χ0v) is 11.4. The third-order valence-electron chi connectivity index (χ3n) is 3.28. The first kappa shape index (κ1) is 18.7. The average Bonchev–Trinajstić information content (AvgIpc) is 2.48. The van der Waals surface area contributed by atoms with Crippen molar-refractivity contribution < 1.29 is 49.7 Å². The molecule has 1 heterocycles. The van der Waals surface area contributed by atoms with E-state index in [2.05, 4.69) is 4.74 Å². The molecule has 0 aliphatic carbocycles. The average molecular weight is 325 g/mol. The lowest BCUT2D eigenvalue weighted by Gasteiger charge is -2.44. The van der Waals surface area contributed by atoms with Gasteiger partial charge in [0, 0.05) is 0 Å². The monoisotopic (exact) mass is 325 g/mol. The summed E-state index contributed by atoms with van der Waals surface area (Å²) in [6, 6.07) is -1.31. The SMILES string of the molecule is N[C@@H]1[C@@H](O)C[C@](OC(=O)CO)(C(=O)O)O[C@H]1C(O)C(O)CO. The second-order valence-corrected chi connectivity index (χ2v) is 4.86. The van der Waals surface area contributed by atoms with E-state index in [1.807, 2.05) is 0 Å². The first-order chi connectivity index (χ1) is 10.2. The standard InChI is InChI=1S/C11H19NO10/c12-7-4(15)1-11(10(19)20,21-6(17)3-14)22-9(7)8(18)5(16)2-13/h4-5,7-9,13-16,18H,1-3,12H2,(H,19,20)/t4-,5?,7+,8?,9+,11+/m0/s1. The fourth-order valence-electron chi connectivity index (χ4n) is 2.06. The van der Waals surface area contributed by atoms with Crippen LogP contribution in [0.2, 0.25) is 0 Å². The minimum absolute atomic E-state index is 0.742. The Morgan fingerprint density at radius 3 is 2.41 bits per heavy atom. The van der Waals surface area contributed by atoms with Gasteiger partial charge in [0.1, 0.15) is 24.9 Å². The molecule has 0 saturated carbocycles. The van der Waals surface area contributed by atoms with Gasteiger partial charge >= 0.3 is 17.7 Å². The highest BCUT2D eigenvalue weighted by molar-refractivity contribution is 5.81. The Bertz CT molecular complexity index is 418. The summed E-state index contributed by atoms with van der Waals surface area (Å²) in [5.74, 6) is -5.81. The molecule has 0 amide bonds. The van der Waals surface area contributed by atoms with Crippen molar-refractivity contribution in [3.8, 4) is 0 Å². The molecule has 11 nitrogen and oxygen atoms in total. The number of aliphatic hydroxyl groups is 5. The van der Waals surface area contributed by atoms with Crippen LogP contribution >= 0.6 is 0 Å². The maximum absolute atomic E-state index is 11.4. The van der Waals surface area contributed by atoms with Gasteiger partial charge in [-0.15, -0.1) is 0 Å². The van der Waals surface area contributed by atoms with Crippen LogP contribution in [0.5, 0.6) is 0 Å². The van der Waals surface area contributed by atoms with E-state index in [0.29, 0.717) is 0 Å². The van der Waals surface area contributed by atoms with E-state index in [0.717, 1.165) is 0 Å². The van der Waals surface area contributed by atoms with Crippen LogP contribution in [0.1, 0.15) is 6.42 Å². The lowest BCUT2D eigenvalue weighted by molar-refractivity contribution is -0.299. The Balaban J connectivity index is 3.10. The molecule has 22 heavy (non-hydrogen) atoms. The van der Waals surface area contributed by atoms with Gasteiger partial charge in [-0.25, -0.2) is 9.59 Å².